The van der Waals surface area contributed by atoms with Gasteiger partial charge in [-0.2, -0.15) is 0 Å². The van der Waals surface area contributed by atoms with Crippen molar-refractivity contribution < 1.29 is 14.4 Å². The number of imide groups is 1. The molecule has 0 aromatic carbocycles. The first kappa shape index (κ1) is 14.8. The van der Waals surface area contributed by atoms with Gasteiger partial charge in [-0.15, -0.1) is 0 Å². The van der Waals surface area contributed by atoms with Crippen molar-refractivity contribution in [1.82, 2.24) is 20.9 Å². The van der Waals surface area contributed by atoms with Crippen molar-refractivity contribution in [2.24, 2.45) is 5.92 Å². The average molecular weight is 282 g/mol. The first-order chi connectivity index (χ1) is 9.48. The fourth-order valence-electron chi connectivity index (χ4n) is 2.82. The molecule has 2 aliphatic rings. The van der Waals surface area contributed by atoms with Gasteiger partial charge in [-0.1, -0.05) is 13.8 Å². The molecule has 3 N–H and O–H groups in total. The molecule has 2 unspecified atom stereocenters. The lowest BCUT2D eigenvalue weighted by Crippen LogP contribution is -2.60. The molecule has 7 nitrogen and oxygen atoms in total. The third-order valence-electron chi connectivity index (χ3n) is 3.94. The molecule has 4 amide bonds. The Morgan fingerprint density at radius 2 is 2.25 bits per heavy atom. The summed E-state index contributed by atoms with van der Waals surface area (Å²) in [6.07, 6.45) is 1.29. The zero-order chi connectivity index (χ0) is 14.8. The van der Waals surface area contributed by atoms with Gasteiger partial charge < -0.3 is 15.5 Å². The van der Waals surface area contributed by atoms with Crippen LogP contribution in [0, 0.1) is 5.92 Å². The lowest BCUT2D eigenvalue weighted by Gasteiger charge is -2.39. The van der Waals surface area contributed by atoms with Gasteiger partial charge in [-0.3, -0.25) is 14.9 Å². The Hall–Kier alpha value is -1.63. The van der Waals surface area contributed by atoms with Crippen molar-refractivity contribution in [1.29, 1.82) is 0 Å². The van der Waals surface area contributed by atoms with E-state index in [0.717, 1.165) is 6.54 Å². The quantitative estimate of drug-likeness (QED) is 0.602. The Morgan fingerprint density at radius 1 is 1.50 bits per heavy atom. The van der Waals surface area contributed by atoms with E-state index in [1.54, 1.807) is 4.90 Å². The first-order valence-corrected chi connectivity index (χ1v) is 7.11. The van der Waals surface area contributed by atoms with Crippen LogP contribution < -0.4 is 16.0 Å². The third-order valence-corrected chi connectivity index (χ3v) is 3.94. The van der Waals surface area contributed by atoms with Gasteiger partial charge >= 0.3 is 6.03 Å². The fraction of sp³-hybridized carbons (Fsp3) is 0.769. The number of hydrogen-bond acceptors (Lipinski definition) is 4. The van der Waals surface area contributed by atoms with E-state index in [1.165, 1.54) is 0 Å². The molecule has 0 bridgehead atoms. The molecule has 0 aromatic rings. The summed E-state index contributed by atoms with van der Waals surface area (Å²) in [6, 6.07) is -0.468. The molecule has 2 heterocycles. The topological polar surface area (TPSA) is 90.5 Å². The molecule has 1 spiro atoms. The summed E-state index contributed by atoms with van der Waals surface area (Å²) in [6.45, 7) is 6.21. The minimum atomic E-state index is -0.928. The number of carbonyl (C=O) groups excluding carboxylic acids is 3. The third kappa shape index (κ3) is 2.77. The molecule has 20 heavy (non-hydrogen) atoms. The molecular formula is C13H22N4O3. The second-order valence-electron chi connectivity index (χ2n) is 5.56. The molecule has 2 saturated heterocycles. The van der Waals surface area contributed by atoms with Crippen LogP contribution in [0.15, 0.2) is 0 Å². The number of hydrogen-bond donors (Lipinski definition) is 3. The molecule has 0 radical (unpaired) electrons. The maximum atomic E-state index is 12.4. The van der Waals surface area contributed by atoms with Crippen LogP contribution in [0.5, 0.6) is 0 Å². The van der Waals surface area contributed by atoms with Crippen molar-refractivity contribution in [3.05, 3.63) is 0 Å². The van der Waals surface area contributed by atoms with Gasteiger partial charge in [0.25, 0.3) is 5.91 Å². The van der Waals surface area contributed by atoms with Crippen LogP contribution in [0.1, 0.15) is 26.7 Å². The maximum absolute atomic E-state index is 12.4. The standard InChI is InChI=1S/C13H22N4O3/c1-3-14-7-9(2)10(18)17-6-4-5-13(8-17)11(19)15-12(20)16-13/h9,14H,3-8H2,1-2H3,(H2,15,16,19,20). The van der Waals surface area contributed by atoms with E-state index >= 15 is 0 Å². The van der Waals surface area contributed by atoms with E-state index < -0.39 is 11.6 Å². The molecule has 0 saturated carbocycles. The summed E-state index contributed by atoms with van der Waals surface area (Å²) in [5.41, 5.74) is -0.928. The first-order valence-electron chi connectivity index (χ1n) is 7.11. The van der Waals surface area contributed by atoms with Crippen LogP contribution in [0.2, 0.25) is 0 Å². The van der Waals surface area contributed by atoms with Crippen LogP contribution in [0.25, 0.3) is 0 Å². The number of rotatable bonds is 4. The Labute approximate surface area is 118 Å². The van der Waals surface area contributed by atoms with Crippen LogP contribution in [-0.2, 0) is 9.59 Å². The normalized spacial score (nSPS) is 27.4. The Balaban J connectivity index is 2.02. The molecule has 0 aliphatic carbocycles. The minimum absolute atomic E-state index is 0.0268. The zero-order valence-electron chi connectivity index (χ0n) is 12.0. The molecule has 7 heteroatoms. The van der Waals surface area contributed by atoms with Gasteiger partial charge in [0.1, 0.15) is 5.54 Å². The second-order valence-corrected chi connectivity index (χ2v) is 5.56. The van der Waals surface area contributed by atoms with Gasteiger partial charge in [0.2, 0.25) is 5.91 Å². The van der Waals surface area contributed by atoms with E-state index in [2.05, 4.69) is 16.0 Å². The Morgan fingerprint density at radius 3 is 2.85 bits per heavy atom. The van der Waals surface area contributed by atoms with E-state index in [9.17, 15) is 14.4 Å². The smallest absolute Gasteiger partial charge is 0.322 e. The highest BCUT2D eigenvalue weighted by atomic mass is 16.2. The number of nitrogens with zero attached hydrogens (tertiary/aromatic N) is 1. The van der Waals surface area contributed by atoms with Crippen LogP contribution in [0.4, 0.5) is 4.79 Å². The largest absolute Gasteiger partial charge is 0.340 e. The number of piperidine rings is 1. The maximum Gasteiger partial charge on any atom is 0.322 e. The Bertz CT molecular complexity index is 426. The number of amides is 4. The number of carbonyl (C=O) groups is 3. The van der Waals surface area contributed by atoms with Crippen molar-refractivity contribution in [2.45, 2.75) is 32.2 Å². The van der Waals surface area contributed by atoms with E-state index in [4.69, 9.17) is 0 Å². The predicted octanol–water partition coefficient (Wildman–Crippen LogP) is -0.567. The lowest BCUT2D eigenvalue weighted by atomic mass is 9.88. The molecule has 0 aromatic heterocycles. The van der Waals surface area contributed by atoms with Crippen LogP contribution >= 0.6 is 0 Å². The zero-order valence-corrected chi connectivity index (χ0v) is 12.0. The highest BCUT2D eigenvalue weighted by molar-refractivity contribution is 6.07. The SMILES string of the molecule is CCNCC(C)C(=O)N1CCCC2(C1)NC(=O)NC2=O. The van der Waals surface area contributed by atoms with Gasteiger partial charge in [0, 0.05) is 19.0 Å². The summed E-state index contributed by atoms with van der Waals surface area (Å²) in [5.74, 6) is -0.427. The summed E-state index contributed by atoms with van der Waals surface area (Å²) < 4.78 is 0. The molecular weight excluding hydrogens is 260 g/mol. The monoisotopic (exact) mass is 282 g/mol. The summed E-state index contributed by atoms with van der Waals surface area (Å²) in [7, 11) is 0. The van der Waals surface area contributed by atoms with E-state index in [0.29, 0.717) is 25.9 Å². The van der Waals surface area contributed by atoms with E-state index in [-0.39, 0.29) is 24.3 Å². The van der Waals surface area contributed by atoms with Gasteiger partial charge in [0.15, 0.2) is 0 Å². The second kappa shape index (κ2) is 5.78. The summed E-state index contributed by atoms with van der Waals surface area (Å²) in [5, 5.41) is 8.09. The minimum Gasteiger partial charge on any atom is -0.340 e. The molecule has 2 aliphatic heterocycles. The molecule has 2 atom stereocenters. The fourth-order valence-corrected chi connectivity index (χ4v) is 2.82. The van der Waals surface area contributed by atoms with Crippen molar-refractivity contribution >= 4 is 17.8 Å². The van der Waals surface area contributed by atoms with Gasteiger partial charge in [-0.05, 0) is 19.4 Å². The molecule has 2 rings (SSSR count). The average Bonchev–Trinajstić information content (AvgIpc) is 2.69. The molecule has 112 valence electrons. The predicted molar refractivity (Wildman–Crippen MR) is 72.9 cm³/mol. The van der Waals surface area contributed by atoms with Gasteiger partial charge in [-0.25, -0.2) is 4.79 Å². The van der Waals surface area contributed by atoms with Gasteiger partial charge in [0.05, 0.1) is 6.54 Å². The highest BCUT2D eigenvalue weighted by Crippen LogP contribution is 2.25. The summed E-state index contributed by atoms with van der Waals surface area (Å²) in [4.78, 5) is 37.3. The van der Waals surface area contributed by atoms with Crippen molar-refractivity contribution in [2.75, 3.05) is 26.2 Å². The van der Waals surface area contributed by atoms with E-state index in [1.807, 2.05) is 13.8 Å². The lowest BCUT2D eigenvalue weighted by molar-refractivity contribution is -0.139. The van der Waals surface area contributed by atoms with Crippen molar-refractivity contribution in [3.63, 3.8) is 0 Å². The van der Waals surface area contributed by atoms with Crippen molar-refractivity contribution in [3.8, 4) is 0 Å². The van der Waals surface area contributed by atoms with Crippen LogP contribution in [0.3, 0.4) is 0 Å². The number of nitrogens with one attached hydrogen (secondary N) is 3. The number of likely N-dealkylation sites (tertiary alicyclic amines) is 1. The summed E-state index contributed by atoms with van der Waals surface area (Å²) >= 11 is 0. The number of urea groups is 1. The molecule has 2 fully saturated rings. The van der Waals surface area contributed by atoms with Crippen LogP contribution in [-0.4, -0.2) is 54.5 Å². The Kier molecular flexibility index (Phi) is 4.27. The highest BCUT2D eigenvalue weighted by Gasteiger charge is 2.49.